The molecule has 6 N–H and O–H groups in total. The zero-order chi connectivity index (χ0) is 46.2. The molecule has 12 nitrogen and oxygen atoms in total. The molecule has 13 heteroatoms. The summed E-state index contributed by atoms with van der Waals surface area (Å²) >= 11 is 0. The standard InChI is InChI=1S/C50H97O12P/c1-3-5-7-9-11-13-15-17-19-21-23-25-27-29-31-33-35-37-39-44(51)61-43(42-60-63(57,58)62-50-48(55)46(53)45(52)47(54)49(50)56)41-59-40-38-36-34-32-30-28-26-24-22-20-18-16-14-12-10-8-6-4-2/h18,20,43,45-50,52-56H,3-17,19,21-42H2,1-2H3,(H,57,58)/b20-18-. The van der Waals surface area contributed by atoms with Crippen molar-refractivity contribution in [2.24, 2.45) is 0 Å². The van der Waals surface area contributed by atoms with E-state index in [1.807, 2.05) is 0 Å². The van der Waals surface area contributed by atoms with Crippen molar-refractivity contribution >= 4 is 13.8 Å². The number of hydrogen-bond acceptors (Lipinski definition) is 11. The van der Waals surface area contributed by atoms with Gasteiger partial charge < -0.3 is 39.9 Å². The van der Waals surface area contributed by atoms with Gasteiger partial charge in [0.25, 0.3) is 0 Å². The van der Waals surface area contributed by atoms with Crippen LogP contribution in [0.25, 0.3) is 0 Å². The van der Waals surface area contributed by atoms with E-state index >= 15 is 0 Å². The topological polar surface area (TPSA) is 192 Å². The van der Waals surface area contributed by atoms with Gasteiger partial charge in [-0.05, 0) is 38.5 Å². The maximum atomic E-state index is 12.8. The molecule has 1 saturated carbocycles. The fraction of sp³-hybridized carbons (Fsp3) is 0.940. The number of hydrogen-bond donors (Lipinski definition) is 6. The van der Waals surface area contributed by atoms with Gasteiger partial charge in [0.2, 0.25) is 0 Å². The van der Waals surface area contributed by atoms with Crippen LogP contribution in [-0.2, 0) is 27.9 Å². The first-order chi connectivity index (χ1) is 30.5. The summed E-state index contributed by atoms with van der Waals surface area (Å²) < 4.78 is 34.3. The third-order valence-corrected chi connectivity index (χ3v) is 13.4. The Kier molecular flexibility index (Phi) is 39.4. The molecule has 63 heavy (non-hydrogen) atoms. The van der Waals surface area contributed by atoms with E-state index < -0.39 is 63.1 Å². The predicted octanol–water partition coefficient (Wildman–Crippen LogP) is 11.5. The van der Waals surface area contributed by atoms with E-state index in [9.17, 15) is 39.8 Å². The van der Waals surface area contributed by atoms with Gasteiger partial charge in [0.15, 0.2) is 0 Å². The van der Waals surface area contributed by atoms with Crippen LogP contribution in [0.1, 0.15) is 239 Å². The van der Waals surface area contributed by atoms with Crippen LogP contribution in [0.15, 0.2) is 12.2 Å². The lowest BCUT2D eigenvalue weighted by Crippen LogP contribution is -2.64. The summed E-state index contributed by atoms with van der Waals surface area (Å²) in [6, 6.07) is 0. The molecule has 0 radical (unpaired) electrons. The quantitative estimate of drug-likeness (QED) is 0.0147. The molecule has 1 rings (SSSR count). The Hall–Kier alpha value is -0.920. The zero-order valence-electron chi connectivity index (χ0n) is 40.1. The second-order valence-electron chi connectivity index (χ2n) is 18.4. The second kappa shape index (κ2) is 41.3. The highest BCUT2D eigenvalue weighted by Gasteiger charge is 2.51. The molecule has 0 aromatic heterocycles. The van der Waals surface area contributed by atoms with Crippen molar-refractivity contribution in [2.75, 3.05) is 19.8 Å². The minimum absolute atomic E-state index is 0.0728. The van der Waals surface area contributed by atoms with E-state index in [2.05, 4.69) is 26.0 Å². The molecule has 0 bridgehead atoms. The van der Waals surface area contributed by atoms with Gasteiger partial charge in [-0.1, -0.05) is 206 Å². The van der Waals surface area contributed by atoms with Crippen LogP contribution in [0.3, 0.4) is 0 Å². The molecule has 374 valence electrons. The van der Waals surface area contributed by atoms with Gasteiger partial charge in [0.05, 0.1) is 13.2 Å². The number of rotatable bonds is 45. The average Bonchev–Trinajstić information content (AvgIpc) is 3.27. The second-order valence-corrected chi connectivity index (χ2v) is 19.8. The highest BCUT2D eigenvalue weighted by molar-refractivity contribution is 7.47. The first kappa shape index (κ1) is 60.1. The normalized spacial score (nSPS) is 21.8. The molecule has 1 fully saturated rings. The van der Waals surface area contributed by atoms with Crippen LogP contribution in [-0.4, -0.2) is 98.9 Å². The van der Waals surface area contributed by atoms with E-state index in [0.29, 0.717) is 13.0 Å². The maximum Gasteiger partial charge on any atom is 0.472 e. The van der Waals surface area contributed by atoms with Crippen LogP contribution in [0.5, 0.6) is 0 Å². The monoisotopic (exact) mass is 921 g/mol. The Balaban J connectivity index is 2.33. The molecule has 0 heterocycles. The zero-order valence-corrected chi connectivity index (χ0v) is 41.0. The first-order valence-electron chi connectivity index (χ1n) is 26.0. The average molecular weight is 921 g/mol. The van der Waals surface area contributed by atoms with Crippen LogP contribution in [0.2, 0.25) is 0 Å². The van der Waals surface area contributed by atoms with Crippen molar-refractivity contribution < 1.29 is 58.3 Å². The fourth-order valence-corrected chi connectivity index (χ4v) is 9.21. The number of aliphatic hydroxyl groups is 5. The number of unbranched alkanes of at least 4 members (excludes halogenated alkanes) is 31. The smallest absolute Gasteiger partial charge is 0.457 e. The molecule has 0 amide bonds. The van der Waals surface area contributed by atoms with E-state index in [0.717, 1.165) is 38.5 Å². The maximum absolute atomic E-state index is 12.8. The van der Waals surface area contributed by atoms with Gasteiger partial charge in [0.1, 0.15) is 42.7 Å². The number of ether oxygens (including phenoxy) is 2. The Morgan fingerprint density at radius 2 is 0.841 bits per heavy atom. The lowest BCUT2D eigenvalue weighted by atomic mass is 9.85. The summed E-state index contributed by atoms with van der Waals surface area (Å²) in [7, 11) is -5.02. The molecular weight excluding hydrogens is 824 g/mol. The number of phosphoric ester groups is 1. The number of allylic oxidation sites excluding steroid dienone is 2. The van der Waals surface area contributed by atoms with E-state index in [1.54, 1.807) is 0 Å². The lowest BCUT2D eigenvalue weighted by molar-refractivity contribution is -0.220. The Bertz CT molecular complexity index is 1100. The summed E-state index contributed by atoms with van der Waals surface area (Å²) in [5.41, 5.74) is 0. The molecule has 0 saturated heterocycles. The first-order valence-corrected chi connectivity index (χ1v) is 27.5. The van der Waals surface area contributed by atoms with Gasteiger partial charge >= 0.3 is 13.8 Å². The van der Waals surface area contributed by atoms with Gasteiger partial charge in [-0.2, -0.15) is 0 Å². The summed E-state index contributed by atoms with van der Waals surface area (Å²) in [6.45, 7) is 4.29. The molecule has 0 aromatic rings. The third-order valence-electron chi connectivity index (χ3n) is 12.4. The molecular formula is C50H97O12P. The summed E-state index contributed by atoms with van der Waals surface area (Å²) in [6.07, 6.45) is 34.2. The van der Waals surface area contributed by atoms with E-state index in [4.69, 9.17) is 18.5 Å². The van der Waals surface area contributed by atoms with Gasteiger partial charge in [-0.15, -0.1) is 0 Å². The molecule has 0 aromatic carbocycles. The molecule has 1 aliphatic rings. The number of esters is 1. The van der Waals surface area contributed by atoms with Crippen molar-refractivity contribution in [3.05, 3.63) is 12.2 Å². The van der Waals surface area contributed by atoms with Gasteiger partial charge in [-0.3, -0.25) is 13.8 Å². The highest BCUT2D eigenvalue weighted by atomic mass is 31.2. The van der Waals surface area contributed by atoms with Gasteiger partial charge in [0, 0.05) is 13.0 Å². The van der Waals surface area contributed by atoms with Crippen LogP contribution < -0.4 is 0 Å². The van der Waals surface area contributed by atoms with Crippen molar-refractivity contribution in [2.45, 2.75) is 281 Å². The fourth-order valence-electron chi connectivity index (χ4n) is 8.23. The van der Waals surface area contributed by atoms with Crippen molar-refractivity contribution in [1.29, 1.82) is 0 Å². The Morgan fingerprint density at radius 3 is 1.25 bits per heavy atom. The van der Waals surface area contributed by atoms with Gasteiger partial charge in [-0.25, -0.2) is 4.57 Å². The van der Waals surface area contributed by atoms with E-state index in [1.165, 1.54) is 173 Å². The molecule has 1 aliphatic carbocycles. The Labute approximate surface area is 384 Å². The number of aliphatic hydroxyl groups excluding tert-OH is 5. The SMILES string of the molecule is CCCCCCCC/C=C\CCCCCCCCCCOCC(COP(=O)(O)OC1C(O)C(O)C(O)C(O)C1O)OC(=O)CCCCCCCCCCCCCCCCCCCC. The molecule has 0 spiro atoms. The number of phosphoric acid groups is 1. The van der Waals surface area contributed by atoms with Crippen molar-refractivity contribution in [3.8, 4) is 0 Å². The summed E-state index contributed by atoms with van der Waals surface area (Å²) in [4.78, 5) is 23.2. The third kappa shape index (κ3) is 33.2. The van der Waals surface area contributed by atoms with E-state index in [-0.39, 0.29) is 13.0 Å². The minimum Gasteiger partial charge on any atom is -0.457 e. The highest BCUT2D eigenvalue weighted by Crippen LogP contribution is 2.47. The van der Waals surface area contributed by atoms with Crippen LogP contribution in [0, 0.1) is 0 Å². The van der Waals surface area contributed by atoms with Crippen LogP contribution >= 0.6 is 7.82 Å². The van der Waals surface area contributed by atoms with Crippen molar-refractivity contribution in [1.82, 2.24) is 0 Å². The summed E-state index contributed by atoms with van der Waals surface area (Å²) in [5.74, 6) is -0.472. The minimum atomic E-state index is -5.02. The Morgan fingerprint density at radius 1 is 0.492 bits per heavy atom. The molecule has 0 aliphatic heterocycles. The van der Waals surface area contributed by atoms with Crippen LogP contribution in [0.4, 0.5) is 0 Å². The number of carbonyl (C=O) groups excluding carboxylic acids is 1. The summed E-state index contributed by atoms with van der Waals surface area (Å²) in [5, 5.41) is 50.3. The predicted molar refractivity (Wildman–Crippen MR) is 253 cm³/mol. The van der Waals surface area contributed by atoms with Crippen molar-refractivity contribution in [3.63, 3.8) is 0 Å². The number of carbonyl (C=O) groups is 1. The molecule has 6 atom stereocenters. The lowest BCUT2D eigenvalue weighted by Gasteiger charge is -2.41. The largest absolute Gasteiger partial charge is 0.472 e. The molecule has 6 unspecified atom stereocenters.